The average Bonchev–Trinajstić information content (AvgIpc) is 2.68. The summed E-state index contributed by atoms with van der Waals surface area (Å²) in [4.78, 5) is 34.7. The van der Waals surface area contributed by atoms with Gasteiger partial charge in [-0.05, 0) is 44.4 Å². The first kappa shape index (κ1) is 19.0. The first-order valence-electron chi connectivity index (χ1n) is 8.97. The number of ether oxygens (including phenoxy) is 1. The number of carbonyl (C=O) groups is 2. The molecule has 7 heteroatoms. The van der Waals surface area contributed by atoms with Gasteiger partial charge in [-0.2, -0.15) is 0 Å². The zero-order valence-electron chi connectivity index (χ0n) is 15.5. The van der Waals surface area contributed by atoms with E-state index in [0.29, 0.717) is 23.6 Å². The Labute approximate surface area is 158 Å². The summed E-state index contributed by atoms with van der Waals surface area (Å²) in [5.74, 6) is -0.455. The number of rotatable bonds is 5. The van der Waals surface area contributed by atoms with E-state index >= 15 is 0 Å². The monoisotopic (exact) mass is 369 g/mol. The van der Waals surface area contributed by atoms with Crippen molar-refractivity contribution in [2.45, 2.75) is 32.2 Å². The van der Waals surface area contributed by atoms with Crippen molar-refractivity contribution in [2.75, 3.05) is 20.3 Å². The first-order valence-corrected chi connectivity index (χ1v) is 8.97. The number of carboxylic acid groups (broad SMARTS) is 1. The van der Waals surface area contributed by atoms with E-state index in [1.54, 1.807) is 23.1 Å². The standard InChI is InChI=1S/C20H23N3O4/c1-13-10-16(14-6-5-7-15(11-14)20(25)26)22-19(21-13)17-8-3-4-9-23(17)18(24)12-27-2/h5-7,10-11,17H,3-4,8-9,12H2,1-2H3,(H,25,26). The number of carbonyl (C=O) groups excluding carboxylic acids is 1. The number of hydrogen-bond acceptors (Lipinski definition) is 5. The van der Waals surface area contributed by atoms with Crippen LogP contribution in [0.2, 0.25) is 0 Å². The summed E-state index contributed by atoms with van der Waals surface area (Å²) in [7, 11) is 1.51. The van der Waals surface area contributed by atoms with E-state index in [1.165, 1.54) is 7.11 Å². The fourth-order valence-electron chi connectivity index (χ4n) is 3.40. The van der Waals surface area contributed by atoms with Crippen molar-refractivity contribution >= 4 is 11.9 Å². The van der Waals surface area contributed by atoms with Crippen LogP contribution < -0.4 is 0 Å². The minimum atomic E-state index is -0.980. The van der Waals surface area contributed by atoms with Crippen LogP contribution in [0.1, 0.15) is 47.2 Å². The third-order valence-electron chi connectivity index (χ3n) is 4.67. The average molecular weight is 369 g/mol. The van der Waals surface area contributed by atoms with E-state index in [4.69, 9.17) is 4.74 Å². The van der Waals surface area contributed by atoms with Gasteiger partial charge in [0, 0.05) is 24.9 Å². The van der Waals surface area contributed by atoms with Crippen molar-refractivity contribution in [1.29, 1.82) is 0 Å². The van der Waals surface area contributed by atoms with Gasteiger partial charge in [0.15, 0.2) is 5.82 Å². The van der Waals surface area contributed by atoms with Crippen molar-refractivity contribution in [3.05, 3.63) is 47.4 Å². The van der Waals surface area contributed by atoms with Gasteiger partial charge in [0.05, 0.1) is 17.3 Å². The molecule has 1 aliphatic rings. The number of methoxy groups -OCH3 is 1. The Hall–Kier alpha value is -2.80. The molecule has 1 aromatic carbocycles. The van der Waals surface area contributed by atoms with Gasteiger partial charge in [-0.3, -0.25) is 4.79 Å². The third-order valence-corrected chi connectivity index (χ3v) is 4.67. The Bertz CT molecular complexity index is 853. The fraction of sp³-hybridized carbons (Fsp3) is 0.400. The van der Waals surface area contributed by atoms with Crippen molar-refractivity contribution in [3.8, 4) is 11.3 Å². The zero-order chi connectivity index (χ0) is 19.4. The van der Waals surface area contributed by atoms with Crippen LogP contribution in [0.15, 0.2) is 30.3 Å². The molecule has 1 aliphatic heterocycles. The predicted octanol–water partition coefficient (Wildman–Crippen LogP) is 2.85. The van der Waals surface area contributed by atoms with E-state index in [1.807, 2.05) is 19.1 Å². The van der Waals surface area contributed by atoms with Crippen LogP contribution in [-0.4, -0.2) is 52.1 Å². The zero-order valence-corrected chi connectivity index (χ0v) is 15.5. The van der Waals surface area contributed by atoms with Crippen LogP contribution in [0.4, 0.5) is 0 Å². The lowest BCUT2D eigenvalue weighted by atomic mass is 10.0. The highest BCUT2D eigenvalue weighted by Crippen LogP contribution is 2.30. The summed E-state index contributed by atoms with van der Waals surface area (Å²) in [5, 5.41) is 9.23. The lowest BCUT2D eigenvalue weighted by molar-refractivity contribution is -0.139. The Balaban J connectivity index is 1.98. The van der Waals surface area contributed by atoms with Gasteiger partial charge in [0.25, 0.3) is 0 Å². The van der Waals surface area contributed by atoms with Crippen molar-refractivity contribution in [3.63, 3.8) is 0 Å². The van der Waals surface area contributed by atoms with E-state index in [2.05, 4.69) is 9.97 Å². The lowest BCUT2D eigenvalue weighted by Crippen LogP contribution is -2.41. The van der Waals surface area contributed by atoms with Crippen molar-refractivity contribution in [1.82, 2.24) is 14.9 Å². The number of aromatic carboxylic acids is 1. The van der Waals surface area contributed by atoms with Gasteiger partial charge in [-0.1, -0.05) is 12.1 Å². The molecule has 0 bridgehead atoms. The second kappa shape index (κ2) is 8.26. The molecule has 2 heterocycles. The molecule has 142 valence electrons. The maximum absolute atomic E-state index is 12.4. The summed E-state index contributed by atoms with van der Waals surface area (Å²) in [6.07, 6.45) is 2.75. The van der Waals surface area contributed by atoms with E-state index in [9.17, 15) is 14.7 Å². The van der Waals surface area contributed by atoms with Gasteiger partial charge < -0.3 is 14.7 Å². The van der Waals surface area contributed by atoms with Crippen LogP contribution in [0.5, 0.6) is 0 Å². The molecule has 0 radical (unpaired) electrons. The third kappa shape index (κ3) is 4.31. The molecule has 3 rings (SSSR count). The minimum absolute atomic E-state index is 0.0375. The molecule has 1 amide bonds. The van der Waals surface area contributed by atoms with Crippen LogP contribution >= 0.6 is 0 Å². The van der Waals surface area contributed by atoms with Gasteiger partial charge in [-0.15, -0.1) is 0 Å². The Morgan fingerprint density at radius 1 is 1.26 bits per heavy atom. The summed E-state index contributed by atoms with van der Waals surface area (Å²) < 4.78 is 5.01. The van der Waals surface area contributed by atoms with Crippen LogP contribution in [0.25, 0.3) is 11.3 Å². The normalized spacial score (nSPS) is 17.0. The second-order valence-electron chi connectivity index (χ2n) is 6.67. The molecule has 1 aromatic heterocycles. The summed E-state index contributed by atoms with van der Waals surface area (Å²) >= 11 is 0. The summed E-state index contributed by atoms with van der Waals surface area (Å²) in [6, 6.07) is 8.31. The van der Waals surface area contributed by atoms with E-state index in [-0.39, 0.29) is 24.1 Å². The van der Waals surface area contributed by atoms with Crippen molar-refractivity contribution in [2.24, 2.45) is 0 Å². The van der Waals surface area contributed by atoms with Gasteiger partial charge in [0.2, 0.25) is 5.91 Å². The Morgan fingerprint density at radius 3 is 2.81 bits per heavy atom. The van der Waals surface area contributed by atoms with Crippen LogP contribution in [0.3, 0.4) is 0 Å². The lowest BCUT2D eigenvalue weighted by Gasteiger charge is -2.34. The Kier molecular flexibility index (Phi) is 5.81. The highest BCUT2D eigenvalue weighted by Gasteiger charge is 2.30. The molecular formula is C20H23N3O4. The largest absolute Gasteiger partial charge is 0.478 e. The molecule has 1 N–H and O–H groups in total. The van der Waals surface area contributed by atoms with Crippen LogP contribution in [-0.2, 0) is 9.53 Å². The number of hydrogen-bond donors (Lipinski definition) is 1. The van der Waals surface area contributed by atoms with Crippen molar-refractivity contribution < 1.29 is 19.4 Å². The number of piperidine rings is 1. The summed E-state index contributed by atoms with van der Waals surface area (Å²) in [6.45, 7) is 2.57. The molecule has 7 nitrogen and oxygen atoms in total. The Morgan fingerprint density at radius 2 is 2.07 bits per heavy atom. The van der Waals surface area contributed by atoms with E-state index in [0.717, 1.165) is 25.0 Å². The maximum Gasteiger partial charge on any atom is 0.335 e. The second-order valence-corrected chi connectivity index (χ2v) is 6.67. The van der Waals surface area contributed by atoms with Gasteiger partial charge in [0.1, 0.15) is 6.61 Å². The molecular weight excluding hydrogens is 346 g/mol. The van der Waals surface area contributed by atoms with Gasteiger partial charge >= 0.3 is 5.97 Å². The molecule has 0 spiro atoms. The van der Waals surface area contributed by atoms with E-state index < -0.39 is 5.97 Å². The molecule has 27 heavy (non-hydrogen) atoms. The molecule has 1 fully saturated rings. The molecule has 1 unspecified atom stereocenters. The topological polar surface area (TPSA) is 92.6 Å². The number of likely N-dealkylation sites (tertiary alicyclic amines) is 1. The SMILES string of the molecule is COCC(=O)N1CCCCC1c1nc(C)cc(-c2cccc(C(=O)O)c2)n1. The predicted molar refractivity (Wildman–Crippen MR) is 99.3 cm³/mol. The fourth-order valence-corrected chi connectivity index (χ4v) is 3.40. The van der Waals surface area contributed by atoms with Crippen LogP contribution in [0, 0.1) is 6.92 Å². The highest BCUT2D eigenvalue weighted by atomic mass is 16.5. The highest BCUT2D eigenvalue weighted by molar-refractivity contribution is 5.89. The number of nitrogens with zero attached hydrogens (tertiary/aromatic N) is 3. The molecule has 1 saturated heterocycles. The summed E-state index contributed by atoms with van der Waals surface area (Å²) in [5.41, 5.74) is 2.36. The molecule has 1 atom stereocenters. The smallest absolute Gasteiger partial charge is 0.335 e. The number of benzene rings is 1. The number of amides is 1. The number of aryl methyl sites for hydroxylation is 1. The number of carboxylic acids is 1. The molecule has 0 aliphatic carbocycles. The first-order chi connectivity index (χ1) is 13.0. The molecule has 2 aromatic rings. The van der Waals surface area contributed by atoms with Gasteiger partial charge in [-0.25, -0.2) is 14.8 Å². The number of aromatic nitrogens is 2. The maximum atomic E-state index is 12.4. The molecule has 0 saturated carbocycles. The minimum Gasteiger partial charge on any atom is -0.478 e. The quantitative estimate of drug-likeness (QED) is 0.871.